The zero-order valence-corrected chi connectivity index (χ0v) is 22.1. The van der Waals surface area contributed by atoms with Gasteiger partial charge in [-0.25, -0.2) is 4.98 Å². The van der Waals surface area contributed by atoms with Crippen LogP contribution in [0.15, 0.2) is 65.7 Å². The molecular formula is C28H33N5O3S. The van der Waals surface area contributed by atoms with Crippen molar-refractivity contribution in [3.63, 3.8) is 0 Å². The Balaban J connectivity index is 1.44. The highest BCUT2D eigenvalue weighted by molar-refractivity contribution is 7.85. The molecule has 1 aliphatic heterocycles. The molecule has 5 rings (SSSR count). The molecule has 0 saturated carbocycles. The Morgan fingerprint density at radius 1 is 1.05 bits per heavy atom. The summed E-state index contributed by atoms with van der Waals surface area (Å²) in [6.07, 6.45) is 3.18. The summed E-state index contributed by atoms with van der Waals surface area (Å²) in [6.45, 7) is 5.55. The number of H-pyrrole nitrogens is 1. The smallest absolute Gasteiger partial charge is 0.144 e. The average Bonchev–Trinajstić information content (AvgIpc) is 3.38. The molecule has 1 atom stereocenters. The van der Waals surface area contributed by atoms with Gasteiger partial charge in [-0.3, -0.25) is 4.21 Å². The molecule has 9 heteroatoms. The predicted octanol–water partition coefficient (Wildman–Crippen LogP) is 5.54. The number of hydrogen-bond acceptors (Lipinski definition) is 7. The predicted molar refractivity (Wildman–Crippen MR) is 151 cm³/mol. The highest BCUT2D eigenvalue weighted by atomic mass is 32.2. The first-order valence-electron chi connectivity index (χ1n) is 12.6. The van der Waals surface area contributed by atoms with E-state index < -0.39 is 10.8 Å². The molecule has 0 amide bonds. The van der Waals surface area contributed by atoms with Crippen LogP contribution in [0.1, 0.15) is 26.7 Å². The van der Waals surface area contributed by atoms with Gasteiger partial charge in [0.1, 0.15) is 17.2 Å². The molecule has 0 radical (unpaired) electrons. The van der Waals surface area contributed by atoms with Crippen molar-refractivity contribution in [3.05, 3.63) is 60.8 Å². The Labute approximate surface area is 219 Å². The summed E-state index contributed by atoms with van der Waals surface area (Å²) >= 11 is 0. The summed E-state index contributed by atoms with van der Waals surface area (Å²) in [5, 5.41) is 17.7. The van der Waals surface area contributed by atoms with Crippen molar-refractivity contribution in [2.24, 2.45) is 0 Å². The summed E-state index contributed by atoms with van der Waals surface area (Å²) in [4.78, 5) is 11.0. The lowest BCUT2D eigenvalue weighted by Crippen LogP contribution is -2.35. The zero-order chi connectivity index (χ0) is 25.9. The lowest BCUT2D eigenvalue weighted by Gasteiger charge is -2.31. The van der Waals surface area contributed by atoms with Crippen LogP contribution in [-0.2, 0) is 10.8 Å². The van der Waals surface area contributed by atoms with Crippen LogP contribution < -0.4 is 20.3 Å². The topological polar surface area (TPSA) is 103 Å². The van der Waals surface area contributed by atoms with Gasteiger partial charge >= 0.3 is 0 Å². The molecule has 8 nitrogen and oxygen atoms in total. The van der Waals surface area contributed by atoms with Crippen molar-refractivity contribution < 1.29 is 14.1 Å². The standard InChI is InChI=1S/C28H33N5O3S/c1-18(2)37(35)26-7-5-4-6-23(26)30-24-17-27(32-28-21(24)10-13-29-28)31-22-9-8-19(16-25(22)36-3)33-14-11-20(34)12-15-33/h4-10,13,16-18,20,34H,11-12,14-15H2,1-3H3,(H3,29,30,31,32). The van der Waals surface area contributed by atoms with E-state index in [1.807, 2.05) is 68.6 Å². The van der Waals surface area contributed by atoms with E-state index in [0.717, 1.165) is 64.6 Å². The van der Waals surface area contributed by atoms with Gasteiger partial charge in [0.05, 0.1) is 46.0 Å². The van der Waals surface area contributed by atoms with Crippen LogP contribution in [0, 0.1) is 0 Å². The largest absolute Gasteiger partial charge is 0.494 e. The third-order valence-corrected chi connectivity index (χ3v) is 8.25. The van der Waals surface area contributed by atoms with Gasteiger partial charge in [0.25, 0.3) is 0 Å². The highest BCUT2D eigenvalue weighted by Crippen LogP contribution is 2.35. The number of benzene rings is 2. The normalized spacial score (nSPS) is 15.2. The number of ether oxygens (including phenoxy) is 1. The lowest BCUT2D eigenvalue weighted by molar-refractivity contribution is 0.145. The number of aromatic nitrogens is 2. The number of anilines is 5. The number of nitrogens with zero attached hydrogens (tertiary/aromatic N) is 2. The van der Waals surface area contributed by atoms with Gasteiger partial charge in [-0.05, 0) is 43.2 Å². The summed E-state index contributed by atoms with van der Waals surface area (Å²) in [5.41, 5.74) is 4.26. The summed E-state index contributed by atoms with van der Waals surface area (Å²) in [6, 6.07) is 17.7. The molecule has 4 aromatic rings. The van der Waals surface area contributed by atoms with E-state index in [1.165, 1.54) is 0 Å². The van der Waals surface area contributed by atoms with Crippen molar-refractivity contribution in [3.8, 4) is 5.75 Å². The van der Waals surface area contributed by atoms with Gasteiger partial charge in [-0.2, -0.15) is 0 Å². The minimum Gasteiger partial charge on any atom is -0.494 e. The van der Waals surface area contributed by atoms with Gasteiger partial charge in [0, 0.05) is 47.7 Å². The molecule has 0 bridgehead atoms. The first-order chi connectivity index (χ1) is 17.9. The van der Waals surface area contributed by atoms with Crippen LogP contribution in [0.25, 0.3) is 11.0 Å². The maximum atomic E-state index is 12.9. The van der Waals surface area contributed by atoms with Gasteiger partial charge in [-0.1, -0.05) is 26.0 Å². The second kappa shape index (κ2) is 10.8. The zero-order valence-electron chi connectivity index (χ0n) is 21.3. The minimum absolute atomic E-state index is 0.00957. The molecule has 0 spiro atoms. The molecule has 1 unspecified atom stereocenters. The number of aliphatic hydroxyl groups is 1. The van der Waals surface area contributed by atoms with Crippen LogP contribution in [0.3, 0.4) is 0 Å². The number of pyridine rings is 1. The molecule has 0 aliphatic carbocycles. The Bertz CT molecular complexity index is 1410. The maximum absolute atomic E-state index is 12.9. The number of rotatable bonds is 8. The number of aliphatic hydroxyl groups excluding tert-OH is 1. The molecule has 1 aliphatic rings. The van der Waals surface area contributed by atoms with Crippen molar-refractivity contribution in [2.45, 2.75) is 42.9 Å². The number of aromatic amines is 1. The molecule has 1 saturated heterocycles. The third kappa shape index (κ3) is 5.42. The summed E-state index contributed by atoms with van der Waals surface area (Å²) < 4.78 is 18.6. The minimum atomic E-state index is -1.13. The number of fused-ring (bicyclic) bond motifs is 1. The first-order valence-corrected chi connectivity index (χ1v) is 13.8. The van der Waals surface area contributed by atoms with Crippen molar-refractivity contribution in [1.29, 1.82) is 0 Å². The lowest BCUT2D eigenvalue weighted by atomic mass is 10.1. The highest BCUT2D eigenvalue weighted by Gasteiger charge is 2.19. The second-order valence-corrected chi connectivity index (χ2v) is 11.5. The van der Waals surface area contributed by atoms with Crippen molar-refractivity contribution in [1.82, 2.24) is 9.97 Å². The molecule has 194 valence electrons. The third-order valence-electron chi connectivity index (χ3n) is 6.61. The second-order valence-electron chi connectivity index (χ2n) is 9.49. The van der Waals surface area contributed by atoms with E-state index in [-0.39, 0.29) is 11.4 Å². The number of piperidine rings is 1. The van der Waals surface area contributed by atoms with Crippen LogP contribution in [-0.4, -0.2) is 50.8 Å². The fourth-order valence-electron chi connectivity index (χ4n) is 4.59. The Morgan fingerprint density at radius 3 is 2.59 bits per heavy atom. The van der Waals surface area contributed by atoms with E-state index >= 15 is 0 Å². The van der Waals surface area contributed by atoms with Crippen LogP contribution in [0.5, 0.6) is 5.75 Å². The molecular weight excluding hydrogens is 486 g/mol. The fraction of sp³-hybridized carbons (Fsp3) is 0.321. The number of hydrogen-bond donors (Lipinski definition) is 4. The molecule has 1 fully saturated rings. The summed E-state index contributed by atoms with van der Waals surface area (Å²) in [7, 11) is 0.529. The van der Waals surface area contributed by atoms with E-state index in [2.05, 4.69) is 26.6 Å². The molecule has 2 aromatic heterocycles. The van der Waals surface area contributed by atoms with Gasteiger partial charge in [0.2, 0.25) is 0 Å². The maximum Gasteiger partial charge on any atom is 0.144 e. The molecule has 37 heavy (non-hydrogen) atoms. The van der Waals surface area contributed by atoms with Gasteiger partial charge in [0.15, 0.2) is 0 Å². The molecule has 2 aromatic carbocycles. The average molecular weight is 520 g/mol. The van der Waals surface area contributed by atoms with Crippen molar-refractivity contribution >= 4 is 50.4 Å². The van der Waals surface area contributed by atoms with E-state index in [0.29, 0.717) is 11.6 Å². The SMILES string of the molecule is COc1cc(N2CCC(O)CC2)ccc1Nc1cc(Nc2ccccc2S(=O)C(C)C)c2cc[nH]c2n1. The molecule has 4 N–H and O–H groups in total. The Kier molecular flexibility index (Phi) is 7.34. The van der Waals surface area contributed by atoms with Gasteiger partial charge < -0.3 is 30.4 Å². The van der Waals surface area contributed by atoms with Crippen molar-refractivity contribution in [2.75, 3.05) is 35.7 Å². The van der Waals surface area contributed by atoms with Crippen LogP contribution >= 0.6 is 0 Å². The van der Waals surface area contributed by atoms with E-state index in [9.17, 15) is 9.32 Å². The quantitative estimate of drug-likeness (QED) is 0.243. The summed E-state index contributed by atoms with van der Waals surface area (Å²) in [5.74, 6) is 1.36. The number of nitrogens with one attached hydrogen (secondary N) is 3. The first kappa shape index (κ1) is 25.1. The van der Waals surface area contributed by atoms with Gasteiger partial charge in [-0.15, -0.1) is 0 Å². The van der Waals surface area contributed by atoms with Crippen LogP contribution in [0.4, 0.5) is 28.6 Å². The number of methoxy groups -OCH3 is 1. The van der Waals surface area contributed by atoms with E-state index in [1.54, 1.807) is 7.11 Å². The van der Waals surface area contributed by atoms with E-state index in [4.69, 9.17) is 9.72 Å². The monoisotopic (exact) mass is 519 g/mol. The fourth-order valence-corrected chi connectivity index (χ4v) is 5.65. The van der Waals surface area contributed by atoms with Crippen LogP contribution in [0.2, 0.25) is 0 Å². The Morgan fingerprint density at radius 2 is 1.84 bits per heavy atom. The Hall–Kier alpha value is -3.56. The molecule has 3 heterocycles. The number of para-hydroxylation sites is 1.